The summed E-state index contributed by atoms with van der Waals surface area (Å²) < 4.78 is 1.61. The minimum Gasteiger partial charge on any atom is -0.338 e. The Morgan fingerprint density at radius 3 is 2.85 bits per heavy atom. The second-order valence-electron chi connectivity index (χ2n) is 5.78. The summed E-state index contributed by atoms with van der Waals surface area (Å²) in [5, 5.41) is 16.8. The van der Waals surface area contributed by atoms with E-state index >= 15 is 0 Å². The van der Waals surface area contributed by atoms with Gasteiger partial charge in [0.05, 0.1) is 5.75 Å². The molecule has 1 heterocycles. The molecule has 1 aromatic heterocycles. The van der Waals surface area contributed by atoms with Gasteiger partial charge in [0.2, 0.25) is 11.0 Å². The van der Waals surface area contributed by atoms with Crippen LogP contribution in [0.5, 0.6) is 0 Å². The van der Waals surface area contributed by atoms with Gasteiger partial charge in [-0.05, 0) is 30.5 Å². The Morgan fingerprint density at radius 1 is 1.31 bits per heavy atom. The number of hydrogen-bond acceptors (Lipinski definition) is 7. The number of nitrogens with zero attached hydrogens (tertiary/aromatic N) is 2. The Kier molecular flexibility index (Phi) is 8.33. The van der Waals surface area contributed by atoms with Gasteiger partial charge >= 0.3 is 6.03 Å². The van der Waals surface area contributed by atoms with Crippen LogP contribution in [0.1, 0.15) is 20.3 Å². The summed E-state index contributed by atoms with van der Waals surface area (Å²) in [6, 6.07) is 7.23. The molecule has 7 nitrogen and oxygen atoms in total. The number of amides is 3. The van der Waals surface area contributed by atoms with E-state index in [1.54, 1.807) is 0 Å². The van der Waals surface area contributed by atoms with Gasteiger partial charge in [-0.3, -0.25) is 10.1 Å². The fourth-order valence-corrected chi connectivity index (χ4v) is 3.79. The lowest BCUT2D eigenvalue weighted by atomic mass is 10.1. The molecule has 0 saturated heterocycles. The maximum atomic E-state index is 11.8. The molecule has 0 aliphatic heterocycles. The van der Waals surface area contributed by atoms with Crippen molar-refractivity contribution in [2.75, 3.05) is 17.6 Å². The van der Waals surface area contributed by atoms with Gasteiger partial charge in [0, 0.05) is 16.7 Å². The summed E-state index contributed by atoms with van der Waals surface area (Å²) in [5.74, 6) is 0.232. The molecule has 3 amide bonds. The standard InChI is InChI=1S/C16H20BrN5O2S2/c1-10(2)6-7-18-14(24)20-13(23)9-25-16-22-21-15(26-16)19-12-5-3-4-11(17)8-12/h3-5,8,10H,6-7,9H2,1-2H3,(H,19,21)(H2,18,20,23,24). The van der Waals surface area contributed by atoms with E-state index in [0.717, 1.165) is 16.6 Å². The van der Waals surface area contributed by atoms with Crippen molar-refractivity contribution in [3.05, 3.63) is 28.7 Å². The number of rotatable bonds is 8. The number of anilines is 2. The minimum absolute atomic E-state index is 0.100. The van der Waals surface area contributed by atoms with Crippen molar-refractivity contribution in [1.82, 2.24) is 20.8 Å². The van der Waals surface area contributed by atoms with Gasteiger partial charge in [0.25, 0.3) is 0 Å². The monoisotopic (exact) mass is 457 g/mol. The number of imide groups is 1. The first-order valence-corrected chi connectivity index (χ1v) is 10.6. The van der Waals surface area contributed by atoms with Crippen LogP contribution in [0.15, 0.2) is 33.1 Å². The average molecular weight is 458 g/mol. The van der Waals surface area contributed by atoms with Crippen LogP contribution in [0.3, 0.4) is 0 Å². The second kappa shape index (κ2) is 10.5. The van der Waals surface area contributed by atoms with Crippen LogP contribution in [0, 0.1) is 5.92 Å². The molecular formula is C16H20BrN5O2S2. The Hall–Kier alpha value is -1.65. The van der Waals surface area contributed by atoms with Crippen molar-refractivity contribution in [2.45, 2.75) is 24.6 Å². The zero-order valence-electron chi connectivity index (χ0n) is 14.4. The van der Waals surface area contributed by atoms with E-state index in [4.69, 9.17) is 0 Å². The summed E-state index contributed by atoms with van der Waals surface area (Å²) in [7, 11) is 0. The largest absolute Gasteiger partial charge is 0.338 e. The fourth-order valence-electron chi connectivity index (χ4n) is 1.82. The van der Waals surface area contributed by atoms with Gasteiger partial charge in [-0.1, -0.05) is 58.9 Å². The molecule has 2 rings (SSSR count). The van der Waals surface area contributed by atoms with Crippen LogP contribution >= 0.6 is 39.0 Å². The fraction of sp³-hybridized carbons (Fsp3) is 0.375. The molecule has 0 spiro atoms. The molecule has 0 aliphatic rings. The van der Waals surface area contributed by atoms with Gasteiger partial charge in [0.15, 0.2) is 4.34 Å². The zero-order valence-corrected chi connectivity index (χ0v) is 17.6. The topological polar surface area (TPSA) is 96.0 Å². The Labute approximate surface area is 168 Å². The maximum absolute atomic E-state index is 11.8. The molecule has 0 saturated carbocycles. The summed E-state index contributed by atoms with van der Waals surface area (Å²) in [5.41, 5.74) is 0.892. The Balaban J connectivity index is 1.73. The van der Waals surface area contributed by atoms with E-state index in [-0.39, 0.29) is 11.7 Å². The quantitative estimate of drug-likeness (QED) is 0.518. The van der Waals surface area contributed by atoms with E-state index in [1.807, 2.05) is 24.3 Å². The predicted octanol–water partition coefficient (Wildman–Crippen LogP) is 4.01. The van der Waals surface area contributed by atoms with E-state index in [2.05, 4.69) is 55.9 Å². The van der Waals surface area contributed by atoms with Gasteiger partial charge in [-0.25, -0.2) is 4.79 Å². The van der Waals surface area contributed by atoms with Crippen LogP contribution in [0.2, 0.25) is 0 Å². The first kappa shape index (κ1) is 20.7. The number of carbonyl (C=O) groups excluding carboxylic acids is 2. The van der Waals surface area contributed by atoms with Crippen LogP contribution in [0.4, 0.5) is 15.6 Å². The number of hydrogen-bond donors (Lipinski definition) is 3. The molecule has 3 N–H and O–H groups in total. The van der Waals surface area contributed by atoms with Crippen molar-refractivity contribution in [3.63, 3.8) is 0 Å². The lowest BCUT2D eigenvalue weighted by Gasteiger charge is -2.07. The molecule has 0 bridgehead atoms. The van der Waals surface area contributed by atoms with Gasteiger partial charge in [0.1, 0.15) is 0 Å². The highest BCUT2D eigenvalue weighted by molar-refractivity contribution is 9.10. The van der Waals surface area contributed by atoms with Crippen molar-refractivity contribution < 1.29 is 9.59 Å². The molecule has 140 valence electrons. The predicted molar refractivity (Wildman–Crippen MR) is 109 cm³/mol. The summed E-state index contributed by atoms with van der Waals surface area (Å²) in [6.45, 7) is 4.69. The van der Waals surface area contributed by atoms with Crippen LogP contribution in [0.25, 0.3) is 0 Å². The summed E-state index contributed by atoms with van der Waals surface area (Å²) in [4.78, 5) is 23.4. The molecule has 1 aromatic carbocycles. The molecule has 0 fully saturated rings. The van der Waals surface area contributed by atoms with E-state index in [9.17, 15) is 9.59 Å². The van der Waals surface area contributed by atoms with Gasteiger partial charge in [-0.2, -0.15) is 0 Å². The number of urea groups is 1. The molecule has 0 atom stereocenters. The van der Waals surface area contributed by atoms with E-state index in [1.165, 1.54) is 23.1 Å². The van der Waals surface area contributed by atoms with Crippen LogP contribution in [-0.4, -0.2) is 34.4 Å². The van der Waals surface area contributed by atoms with Crippen molar-refractivity contribution in [2.24, 2.45) is 5.92 Å². The van der Waals surface area contributed by atoms with Crippen molar-refractivity contribution in [1.29, 1.82) is 0 Å². The highest BCUT2D eigenvalue weighted by atomic mass is 79.9. The third kappa shape index (κ3) is 7.71. The van der Waals surface area contributed by atoms with Crippen LogP contribution in [-0.2, 0) is 4.79 Å². The molecule has 26 heavy (non-hydrogen) atoms. The van der Waals surface area contributed by atoms with Crippen molar-refractivity contribution in [3.8, 4) is 0 Å². The number of thioether (sulfide) groups is 1. The highest BCUT2D eigenvalue weighted by Gasteiger charge is 2.11. The molecule has 0 radical (unpaired) electrons. The number of nitrogens with one attached hydrogen (secondary N) is 3. The summed E-state index contributed by atoms with van der Waals surface area (Å²) >= 11 is 5.99. The lowest BCUT2D eigenvalue weighted by molar-refractivity contribution is -0.117. The number of carbonyl (C=O) groups is 2. The van der Waals surface area contributed by atoms with E-state index < -0.39 is 6.03 Å². The Morgan fingerprint density at radius 2 is 2.12 bits per heavy atom. The van der Waals surface area contributed by atoms with E-state index in [0.29, 0.717) is 21.9 Å². The molecule has 0 unspecified atom stereocenters. The SMILES string of the molecule is CC(C)CCNC(=O)NC(=O)CSc1nnc(Nc2cccc(Br)c2)s1. The maximum Gasteiger partial charge on any atom is 0.321 e. The number of halogens is 1. The first-order valence-electron chi connectivity index (χ1n) is 7.99. The normalized spacial score (nSPS) is 10.6. The minimum atomic E-state index is -0.467. The van der Waals surface area contributed by atoms with Crippen molar-refractivity contribution >= 4 is 61.8 Å². The molecule has 10 heteroatoms. The Bertz CT molecular complexity index is 754. The third-order valence-electron chi connectivity index (χ3n) is 3.07. The number of aromatic nitrogens is 2. The smallest absolute Gasteiger partial charge is 0.321 e. The molecule has 2 aromatic rings. The van der Waals surface area contributed by atoms with Gasteiger partial charge < -0.3 is 10.6 Å². The average Bonchev–Trinajstić information content (AvgIpc) is 3.00. The van der Waals surface area contributed by atoms with Gasteiger partial charge in [-0.15, -0.1) is 10.2 Å². The zero-order chi connectivity index (χ0) is 18.9. The second-order valence-corrected chi connectivity index (χ2v) is 8.90. The van der Waals surface area contributed by atoms with Crippen LogP contribution < -0.4 is 16.0 Å². The third-order valence-corrected chi connectivity index (χ3v) is 5.53. The summed E-state index contributed by atoms with van der Waals surface area (Å²) in [6.07, 6.45) is 0.870. The number of benzene rings is 1. The highest BCUT2D eigenvalue weighted by Crippen LogP contribution is 2.28. The first-order chi connectivity index (χ1) is 12.4. The lowest BCUT2D eigenvalue weighted by Crippen LogP contribution is -2.40. The molecule has 0 aliphatic carbocycles. The molecular weight excluding hydrogens is 438 g/mol.